The van der Waals surface area contributed by atoms with Crippen LogP contribution in [-0.4, -0.2) is 166 Å². The maximum atomic E-state index is 12.6. The molecule has 0 unspecified atom stereocenters. The number of nitrogens with one attached hydrogen (secondary N) is 2. The number of ether oxygens (including phenoxy) is 1. The lowest BCUT2D eigenvalue weighted by molar-refractivity contribution is -0.163. The predicted molar refractivity (Wildman–Crippen MR) is 208 cm³/mol. The summed E-state index contributed by atoms with van der Waals surface area (Å²) >= 11 is 0. The minimum Gasteiger partial charge on any atom is -0.454 e. The summed E-state index contributed by atoms with van der Waals surface area (Å²) in [6.45, 7) is 24.0. The largest absolute Gasteiger partial charge is 0.454 e. The number of esters is 1. The highest BCUT2D eigenvalue weighted by Gasteiger charge is 2.29. The molecule has 2 heterocycles. The van der Waals surface area contributed by atoms with Crippen LogP contribution in [0, 0.1) is 0 Å². The number of hydrazine groups is 1. The molecule has 2 aliphatic rings. The average Bonchev–Trinajstić information content (AvgIpc) is 3.08. The van der Waals surface area contributed by atoms with E-state index in [4.69, 9.17) is 32.8 Å². The van der Waals surface area contributed by atoms with Gasteiger partial charge in [-0.25, -0.2) is 10.2 Å². The molecule has 0 aliphatic carbocycles. The van der Waals surface area contributed by atoms with Crippen molar-refractivity contribution in [1.29, 1.82) is 0 Å². The van der Waals surface area contributed by atoms with Crippen LogP contribution in [0.15, 0.2) is 4.99 Å². The summed E-state index contributed by atoms with van der Waals surface area (Å²) in [6, 6.07) is -0.694. The summed E-state index contributed by atoms with van der Waals surface area (Å²) in [6.07, 6.45) is 8.05. The van der Waals surface area contributed by atoms with E-state index in [1.807, 2.05) is 0 Å². The highest BCUT2D eigenvalue weighted by molar-refractivity contribution is 6.35. The van der Waals surface area contributed by atoms with Gasteiger partial charge in [-0.2, -0.15) is 0 Å². The van der Waals surface area contributed by atoms with Crippen molar-refractivity contribution in [3.8, 4) is 0 Å². The van der Waals surface area contributed by atoms with Crippen LogP contribution in [0.5, 0.6) is 0 Å². The van der Waals surface area contributed by atoms with Crippen molar-refractivity contribution in [2.75, 3.05) is 112 Å². The van der Waals surface area contributed by atoms with Gasteiger partial charge < -0.3 is 52.4 Å². The molecule has 50 heavy (non-hydrogen) atoms. The lowest BCUT2D eigenvalue weighted by Gasteiger charge is -2.34. The fourth-order valence-electron chi connectivity index (χ4n) is 5.52. The summed E-state index contributed by atoms with van der Waals surface area (Å²) in [7, 11) is 1.00. The first-order valence-corrected chi connectivity index (χ1v) is 18.5. The molecule has 0 amide bonds. The topological polar surface area (TPSA) is 217 Å². The number of Topliss-reactive ketones (excluding diaryl/α,β-unsaturated/α-hetero) is 1. The molecule has 2 fully saturated rings. The van der Waals surface area contributed by atoms with Gasteiger partial charge in [0.2, 0.25) is 0 Å². The molecule has 2 aliphatic heterocycles. The van der Waals surface area contributed by atoms with E-state index >= 15 is 0 Å². The molecule has 15 nitrogen and oxygen atoms in total. The number of aliphatic hydroxyl groups is 1. The van der Waals surface area contributed by atoms with Crippen molar-refractivity contribution >= 4 is 30.1 Å². The van der Waals surface area contributed by atoms with Gasteiger partial charge in [0, 0.05) is 72.6 Å². The molecule has 1 atom stereocenters. The number of nitrogens with two attached hydrogens (primary N) is 4. The standard InChI is InChI=1S/C23H47N7O3.C10H24N4.CH4O.ClH/c1-5-6-7-13-29-15-17-30(18-16-29)14-9-12-27-28-19(10-8-11-26-22(24)25)20(31)21(32)33-23(2,3)4;11-3-1-5-13-7-9-14(10-8-13)6-2-4-12;1-2;/h19,27-28H,5-18H2,1-4H3,(H4,24,25,26);1-12H2;2H,1H3;1H/t19-;;;/m0.../s1. The Kier molecular flexibility index (Phi) is 32.3. The zero-order valence-corrected chi connectivity index (χ0v) is 33.0. The average molecular weight is 739 g/mol. The number of aliphatic hydroxyl groups excluding tert-OH is 1. The molecule has 2 saturated heterocycles. The van der Waals surface area contributed by atoms with Gasteiger partial charge in [-0.3, -0.25) is 15.2 Å². The Morgan fingerprint density at radius 3 is 1.60 bits per heavy atom. The molecule has 0 bridgehead atoms. The lowest BCUT2D eigenvalue weighted by atomic mass is 10.1. The van der Waals surface area contributed by atoms with Crippen LogP contribution in [0.25, 0.3) is 0 Å². The van der Waals surface area contributed by atoms with E-state index in [1.165, 1.54) is 65.1 Å². The van der Waals surface area contributed by atoms with Crippen LogP contribution < -0.4 is 33.8 Å². The molecule has 0 aromatic rings. The number of hydrogen-bond donors (Lipinski definition) is 7. The number of aliphatic imine (C=N–C) groups is 1. The van der Waals surface area contributed by atoms with E-state index in [-0.39, 0.29) is 18.4 Å². The third-order valence-corrected chi connectivity index (χ3v) is 8.28. The smallest absolute Gasteiger partial charge is 0.376 e. The van der Waals surface area contributed by atoms with E-state index in [1.54, 1.807) is 20.8 Å². The van der Waals surface area contributed by atoms with Crippen LogP contribution in [0.2, 0.25) is 0 Å². The van der Waals surface area contributed by atoms with Gasteiger partial charge in [0.25, 0.3) is 5.78 Å². The Morgan fingerprint density at radius 2 is 1.20 bits per heavy atom. The number of hydrogen-bond acceptors (Lipinski definition) is 13. The van der Waals surface area contributed by atoms with Crippen molar-refractivity contribution in [2.45, 2.75) is 90.7 Å². The molecule has 0 spiro atoms. The third kappa shape index (κ3) is 27.1. The zero-order chi connectivity index (χ0) is 36.9. The minimum atomic E-state index is -0.833. The van der Waals surface area contributed by atoms with Crippen LogP contribution in [0.3, 0.4) is 0 Å². The van der Waals surface area contributed by atoms with Gasteiger partial charge in [0.05, 0.1) is 6.04 Å². The van der Waals surface area contributed by atoms with Gasteiger partial charge in [-0.15, -0.1) is 12.4 Å². The van der Waals surface area contributed by atoms with Crippen molar-refractivity contribution in [3.05, 3.63) is 0 Å². The highest BCUT2D eigenvalue weighted by Crippen LogP contribution is 2.10. The second-order valence-corrected chi connectivity index (χ2v) is 13.7. The second kappa shape index (κ2) is 32.0. The molecule has 0 aromatic heterocycles. The fraction of sp³-hybridized carbons (Fsp3) is 0.912. The molecule has 0 saturated carbocycles. The first-order valence-electron chi connectivity index (χ1n) is 18.5. The number of carbonyl (C=O) groups is 2. The first kappa shape index (κ1) is 50.4. The monoisotopic (exact) mass is 738 g/mol. The third-order valence-electron chi connectivity index (χ3n) is 8.28. The zero-order valence-electron chi connectivity index (χ0n) is 32.2. The van der Waals surface area contributed by atoms with Gasteiger partial charge in [-0.1, -0.05) is 19.8 Å². The van der Waals surface area contributed by atoms with Gasteiger partial charge in [-0.05, 0) is 98.6 Å². The molecule has 11 N–H and O–H groups in total. The Balaban J connectivity index is 0. The fourth-order valence-corrected chi connectivity index (χ4v) is 5.52. The maximum Gasteiger partial charge on any atom is 0.376 e. The predicted octanol–water partition coefficient (Wildman–Crippen LogP) is -0.0566. The maximum absolute atomic E-state index is 12.6. The Morgan fingerprint density at radius 1 is 0.760 bits per heavy atom. The SMILES string of the molecule is CCCCCN1CCN(CCCNN[C@@H](CCCN=C(N)N)C(=O)C(=O)OC(C)(C)C)CC1.CO.Cl.NCCCN1CCN(CCCN)CC1. The van der Waals surface area contributed by atoms with Crippen LogP contribution >= 0.6 is 12.4 Å². The number of ketones is 1. The number of carbonyl (C=O) groups excluding carboxylic acids is 2. The van der Waals surface area contributed by atoms with Gasteiger partial charge >= 0.3 is 5.97 Å². The summed E-state index contributed by atoms with van der Waals surface area (Å²) in [5.41, 5.74) is 27.1. The quantitative estimate of drug-likeness (QED) is 0.0194. The van der Waals surface area contributed by atoms with Crippen LogP contribution in [-0.2, 0) is 14.3 Å². The Bertz CT molecular complexity index is 832. The number of halogens is 1. The molecular weight excluding hydrogens is 662 g/mol. The van der Waals surface area contributed by atoms with Crippen molar-refractivity contribution in [3.63, 3.8) is 0 Å². The van der Waals surface area contributed by atoms with Crippen LogP contribution in [0.4, 0.5) is 0 Å². The van der Waals surface area contributed by atoms with E-state index in [0.29, 0.717) is 25.9 Å². The van der Waals surface area contributed by atoms with Gasteiger partial charge in [0.15, 0.2) is 5.96 Å². The molecule has 16 heteroatoms. The first-order chi connectivity index (χ1) is 23.5. The number of piperazine rings is 2. The summed E-state index contributed by atoms with van der Waals surface area (Å²) in [5, 5.41) is 7.00. The highest BCUT2D eigenvalue weighted by atomic mass is 35.5. The number of rotatable bonds is 22. The van der Waals surface area contributed by atoms with Crippen molar-refractivity contribution in [1.82, 2.24) is 30.5 Å². The Labute approximate surface area is 310 Å². The van der Waals surface area contributed by atoms with Crippen LogP contribution in [0.1, 0.15) is 79.1 Å². The molecule has 0 aromatic carbocycles. The summed E-state index contributed by atoms with van der Waals surface area (Å²) in [4.78, 5) is 38.8. The number of nitrogens with zero attached hydrogens (tertiary/aromatic N) is 5. The van der Waals surface area contributed by atoms with E-state index in [2.05, 4.69) is 42.4 Å². The number of unbranched alkanes of at least 4 members (excludes halogenated alkanes) is 2. The minimum absolute atomic E-state index is 0. The van der Waals surface area contributed by atoms with Gasteiger partial charge in [0.1, 0.15) is 5.60 Å². The molecular formula is C34H76ClN11O4. The van der Waals surface area contributed by atoms with Crippen molar-refractivity contribution < 1.29 is 19.4 Å². The second-order valence-electron chi connectivity index (χ2n) is 13.7. The van der Waals surface area contributed by atoms with E-state index < -0.39 is 23.4 Å². The lowest BCUT2D eigenvalue weighted by Crippen LogP contribution is -2.50. The van der Waals surface area contributed by atoms with Crippen molar-refractivity contribution in [2.24, 2.45) is 27.9 Å². The molecule has 298 valence electrons. The van der Waals surface area contributed by atoms with E-state index in [0.717, 1.165) is 72.2 Å². The summed E-state index contributed by atoms with van der Waals surface area (Å²) < 4.78 is 5.24. The summed E-state index contributed by atoms with van der Waals surface area (Å²) in [5.74, 6) is -1.42. The number of guanidine groups is 1. The molecule has 2 rings (SSSR count). The molecule has 0 radical (unpaired) electrons. The Hall–Kier alpha value is -1.66. The normalized spacial score (nSPS) is 16.6. The van der Waals surface area contributed by atoms with E-state index in [9.17, 15) is 9.59 Å².